The number of nitrogens with zero attached hydrogens (tertiary/aromatic N) is 1. The number of hydrogen-bond acceptors (Lipinski definition) is 3. The zero-order valence-electron chi connectivity index (χ0n) is 15.2. The van der Waals surface area contributed by atoms with Crippen LogP contribution in [0.1, 0.15) is 33.3 Å². The third-order valence-electron chi connectivity index (χ3n) is 3.08. The van der Waals surface area contributed by atoms with E-state index in [0.29, 0.717) is 24.8 Å². The van der Waals surface area contributed by atoms with E-state index in [9.17, 15) is 4.79 Å². The summed E-state index contributed by atoms with van der Waals surface area (Å²) in [6.07, 6.45) is 0. The number of carbonyl (C=O) groups excluding carboxylic acids is 1. The van der Waals surface area contributed by atoms with E-state index in [1.165, 1.54) is 0 Å². The molecule has 0 saturated heterocycles. The van der Waals surface area contributed by atoms with Crippen LogP contribution in [0.3, 0.4) is 0 Å². The smallest absolute Gasteiger partial charge is 0.257 e. The Morgan fingerprint density at radius 3 is 2.58 bits per heavy atom. The molecule has 134 valence electrons. The summed E-state index contributed by atoms with van der Waals surface area (Å²) in [5, 5.41) is 9.25. The van der Waals surface area contributed by atoms with Crippen molar-refractivity contribution in [1.29, 1.82) is 0 Å². The molecule has 0 radical (unpaired) electrons. The molecule has 3 N–H and O–H groups in total. The Hall–Kier alpha value is -2.24. The normalized spacial score (nSPS) is 11.3. The van der Waals surface area contributed by atoms with Gasteiger partial charge in [-0.1, -0.05) is 26.0 Å². The van der Waals surface area contributed by atoms with E-state index in [4.69, 9.17) is 4.74 Å². The zero-order chi connectivity index (χ0) is 17.8. The van der Waals surface area contributed by atoms with Crippen LogP contribution in [-0.2, 0) is 11.3 Å². The number of guanidine groups is 1. The molecule has 24 heavy (non-hydrogen) atoms. The first-order valence-corrected chi connectivity index (χ1v) is 8.55. The lowest BCUT2D eigenvalue weighted by Crippen LogP contribution is -2.39. The molecule has 0 saturated carbocycles. The van der Waals surface area contributed by atoms with Gasteiger partial charge in [0.05, 0.1) is 6.54 Å². The van der Waals surface area contributed by atoms with Gasteiger partial charge in [0.25, 0.3) is 5.91 Å². The van der Waals surface area contributed by atoms with E-state index in [1.54, 1.807) is 0 Å². The summed E-state index contributed by atoms with van der Waals surface area (Å²) in [4.78, 5) is 16.0. The highest BCUT2D eigenvalue weighted by Crippen LogP contribution is 2.14. The molecule has 1 aromatic carbocycles. The maximum absolute atomic E-state index is 11.4. The average Bonchev–Trinajstić information content (AvgIpc) is 2.56. The van der Waals surface area contributed by atoms with E-state index in [1.807, 2.05) is 38.1 Å². The quantitative estimate of drug-likeness (QED) is 0.476. The van der Waals surface area contributed by atoms with Crippen LogP contribution < -0.4 is 20.7 Å². The van der Waals surface area contributed by atoms with Crippen molar-refractivity contribution in [3.63, 3.8) is 0 Å². The first-order valence-electron chi connectivity index (χ1n) is 8.55. The third-order valence-corrected chi connectivity index (χ3v) is 3.08. The van der Waals surface area contributed by atoms with Gasteiger partial charge in [-0.05, 0) is 37.5 Å². The Labute approximate surface area is 145 Å². The minimum atomic E-state index is -0.117. The maximum atomic E-state index is 11.4. The van der Waals surface area contributed by atoms with Gasteiger partial charge in [0, 0.05) is 19.6 Å². The molecular weight excluding hydrogens is 304 g/mol. The lowest BCUT2D eigenvalue weighted by atomic mass is 10.2. The number of aliphatic imine (C=N–C) groups is 1. The highest BCUT2D eigenvalue weighted by atomic mass is 16.5. The zero-order valence-corrected chi connectivity index (χ0v) is 15.2. The van der Waals surface area contributed by atoms with Gasteiger partial charge in [0.1, 0.15) is 5.75 Å². The van der Waals surface area contributed by atoms with Crippen molar-refractivity contribution in [3.8, 4) is 5.75 Å². The molecule has 0 atom stereocenters. The first-order chi connectivity index (χ1) is 11.5. The van der Waals surface area contributed by atoms with Gasteiger partial charge in [0.2, 0.25) is 0 Å². The van der Waals surface area contributed by atoms with E-state index >= 15 is 0 Å². The molecule has 0 bridgehead atoms. The summed E-state index contributed by atoms with van der Waals surface area (Å²) >= 11 is 0. The number of likely N-dealkylation sites (N-methyl/N-ethyl adjacent to an activating group) is 1. The first kappa shape index (κ1) is 19.8. The Morgan fingerprint density at radius 1 is 1.17 bits per heavy atom. The van der Waals surface area contributed by atoms with Gasteiger partial charge in [0.15, 0.2) is 12.6 Å². The molecule has 6 heteroatoms. The molecule has 0 unspecified atom stereocenters. The molecule has 0 spiro atoms. The van der Waals surface area contributed by atoms with Crippen LogP contribution in [0.15, 0.2) is 29.3 Å². The fourth-order valence-corrected chi connectivity index (χ4v) is 1.94. The molecule has 0 aliphatic rings. The molecule has 0 aromatic heterocycles. The van der Waals surface area contributed by atoms with Gasteiger partial charge in [-0.25, -0.2) is 4.99 Å². The highest BCUT2D eigenvalue weighted by molar-refractivity contribution is 5.79. The predicted octanol–water partition coefficient (Wildman–Crippen LogP) is 1.91. The molecular formula is C18H30N4O2. The second-order valence-electron chi connectivity index (χ2n) is 5.86. The summed E-state index contributed by atoms with van der Waals surface area (Å²) < 4.78 is 5.50. The van der Waals surface area contributed by atoms with Crippen LogP contribution in [0.5, 0.6) is 5.75 Å². The van der Waals surface area contributed by atoms with Gasteiger partial charge in [-0.15, -0.1) is 0 Å². The fourth-order valence-electron chi connectivity index (χ4n) is 1.94. The van der Waals surface area contributed by atoms with Crippen LogP contribution >= 0.6 is 0 Å². The van der Waals surface area contributed by atoms with Crippen molar-refractivity contribution in [2.24, 2.45) is 10.9 Å². The number of benzene rings is 1. The lowest BCUT2D eigenvalue weighted by Gasteiger charge is -2.13. The Bertz CT molecular complexity index is 530. The number of hydrogen-bond donors (Lipinski definition) is 3. The van der Waals surface area contributed by atoms with Crippen molar-refractivity contribution in [2.75, 3.05) is 26.2 Å². The second-order valence-corrected chi connectivity index (χ2v) is 5.86. The van der Waals surface area contributed by atoms with Crippen LogP contribution in [0.2, 0.25) is 0 Å². The second kappa shape index (κ2) is 11.3. The van der Waals surface area contributed by atoms with Gasteiger partial charge < -0.3 is 20.7 Å². The van der Waals surface area contributed by atoms with Gasteiger partial charge in [-0.3, -0.25) is 4.79 Å². The maximum Gasteiger partial charge on any atom is 0.257 e. The Morgan fingerprint density at radius 2 is 1.92 bits per heavy atom. The topological polar surface area (TPSA) is 74.8 Å². The van der Waals surface area contributed by atoms with Crippen LogP contribution in [0, 0.1) is 5.92 Å². The predicted molar refractivity (Wildman–Crippen MR) is 98.3 cm³/mol. The number of ether oxygens (including phenoxy) is 1. The molecule has 0 fully saturated rings. The number of carbonyl (C=O) groups is 1. The third kappa shape index (κ3) is 8.41. The number of nitrogens with one attached hydrogen (secondary N) is 3. The molecule has 0 aliphatic heterocycles. The van der Waals surface area contributed by atoms with E-state index < -0.39 is 0 Å². The molecule has 6 nitrogen and oxygen atoms in total. The van der Waals surface area contributed by atoms with Crippen molar-refractivity contribution >= 4 is 11.9 Å². The van der Waals surface area contributed by atoms with E-state index in [-0.39, 0.29) is 12.5 Å². The standard InChI is InChI=1S/C18H30N4O2/c1-5-19-17(23)13-24-16-9-7-8-15(10-16)12-22-18(20-6-2)21-11-14(3)4/h7-10,14H,5-6,11-13H2,1-4H3,(H,19,23)(H2,20,21,22). The SMILES string of the molecule is CCNC(=O)COc1cccc(CN=C(NCC)NCC(C)C)c1. The van der Waals surface area contributed by atoms with E-state index in [2.05, 4.69) is 34.8 Å². The monoisotopic (exact) mass is 334 g/mol. The lowest BCUT2D eigenvalue weighted by molar-refractivity contribution is -0.122. The van der Waals surface area contributed by atoms with Crippen molar-refractivity contribution in [3.05, 3.63) is 29.8 Å². The Balaban J connectivity index is 2.60. The van der Waals surface area contributed by atoms with Crippen molar-refractivity contribution in [1.82, 2.24) is 16.0 Å². The highest BCUT2D eigenvalue weighted by Gasteiger charge is 2.03. The van der Waals surface area contributed by atoms with Crippen molar-refractivity contribution < 1.29 is 9.53 Å². The number of rotatable bonds is 9. The summed E-state index contributed by atoms with van der Waals surface area (Å²) in [6, 6.07) is 7.66. The van der Waals surface area contributed by atoms with Crippen LogP contribution in [0.4, 0.5) is 0 Å². The van der Waals surface area contributed by atoms with Gasteiger partial charge in [-0.2, -0.15) is 0 Å². The summed E-state index contributed by atoms with van der Waals surface area (Å²) in [6.45, 7) is 11.1. The minimum Gasteiger partial charge on any atom is -0.484 e. The van der Waals surface area contributed by atoms with Crippen LogP contribution in [-0.4, -0.2) is 38.1 Å². The average molecular weight is 334 g/mol. The van der Waals surface area contributed by atoms with Gasteiger partial charge >= 0.3 is 0 Å². The number of amides is 1. The molecule has 0 aliphatic carbocycles. The molecule has 0 heterocycles. The largest absolute Gasteiger partial charge is 0.484 e. The summed E-state index contributed by atoms with van der Waals surface area (Å²) in [7, 11) is 0. The molecule has 1 amide bonds. The summed E-state index contributed by atoms with van der Waals surface area (Å²) in [5.74, 6) is 1.92. The Kier molecular flexibility index (Phi) is 9.34. The summed E-state index contributed by atoms with van der Waals surface area (Å²) in [5.41, 5.74) is 1.03. The van der Waals surface area contributed by atoms with Crippen LogP contribution in [0.25, 0.3) is 0 Å². The molecule has 1 rings (SSSR count). The fraction of sp³-hybridized carbons (Fsp3) is 0.556. The van der Waals surface area contributed by atoms with Crippen molar-refractivity contribution in [2.45, 2.75) is 34.2 Å². The minimum absolute atomic E-state index is 0.0269. The van der Waals surface area contributed by atoms with E-state index in [0.717, 1.165) is 24.6 Å². The molecule has 1 aromatic rings.